The molecule has 0 aliphatic rings. The molecule has 1 rings (SSSR count). The highest BCUT2D eigenvalue weighted by Gasteiger charge is 2.35. The Balaban J connectivity index is 3.31. The molecule has 1 aromatic carbocycles. The van der Waals surface area contributed by atoms with Gasteiger partial charge in [0.15, 0.2) is 9.84 Å². The maximum absolute atomic E-state index is 13.2. The van der Waals surface area contributed by atoms with Gasteiger partial charge in [-0.3, -0.25) is 0 Å². The molecule has 0 amide bonds. The fourth-order valence-electron chi connectivity index (χ4n) is 1.66. The summed E-state index contributed by atoms with van der Waals surface area (Å²) in [5.41, 5.74) is 6.00. The van der Waals surface area contributed by atoms with Crippen LogP contribution >= 0.6 is 0 Å². The van der Waals surface area contributed by atoms with Crippen LogP contribution in [0.3, 0.4) is 0 Å². The van der Waals surface area contributed by atoms with Gasteiger partial charge in [0.25, 0.3) is 0 Å². The van der Waals surface area contributed by atoms with Gasteiger partial charge in [-0.2, -0.15) is 0 Å². The van der Waals surface area contributed by atoms with Gasteiger partial charge in [0.1, 0.15) is 5.82 Å². The van der Waals surface area contributed by atoms with Gasteiger partial charge in [-0.25, -0.2) is 12.8 Å². The molecule has 0 spiro atoms. The Kier molecular flexibility index (Phi) is 3.94. The minimum atomic E-state index is -3.57. The first-order valence-electron chi connectivity index (χ1n) is 5.42. The number of hydrogen-bond acceptors (Lipinski definition) is 3. The van der Waals surface area contributed by atoms with Crippen molar-refractivity contribution < 1.29 is 12.8 Å². The first-order chi connectivity index (χ1) is 7.70. The van der Waals surface area contributed by atoms with Crippen molar-refractivity contribution in [2.75, 3.05) is 6.54 Å². The van der Waals surface area contributed by atoms with Crippen LogP contribution in [0.15, 0.2) is 23.1 Å². The van der Waals surface area contributed by atoms with E-state index in [0.29, 0.717) is 12.0 Å². The predicted octanol–water partition coefficient (Wildman–Crippen LogP) is 2.04. The first kappa shape index (κ1) is 14.1. The summed E-state index contributed by atoms with van der Waals surface area (Å²) >= 11 is 0. The molecular weight excluding hydrogens is 241 g/mol. The summed E-state index contributed by atoms with van der Waals surface area (Å²) in [4.78, 5) is 0.0217. The fourth-order valence-corrected chi connectivity index (χ4v) is 3.29. The summed E-state index contributed by atoms with van der Waals surface area (Å²) < 4.78 is 36.9. The van der Waals surface area contributed by atoms with E-state index < -0.39 is 20.4 Å². The van der Waals surface area contributed by atoms with Crippen LogP contribution in [0.4, 0.5) is 4.39 Å². The number of nitrogens with two attached hydrogens (primary N) is 1. The molecule has 0 bridgehead atoms. The lowest BCUT2D eigenvalue weighted by Gasteiger charge is -2.24. The number of sulfone groups is 1. The third-order valence-electron chi connectivity index (χ3n) is 2.80. The van der Waals surface area contributed by atoms with E-state index in [2.05, 4.69) is 0 Å². The zero-order chi connectivity index (χ0) is 13.3. The predicted molar refractivity (Wildman–Crippen MR) is 66.1 cm³/mol. The Morgan fingerprint density at radius 3 is 2.35 bits per heavy atom. The van der Waals surface area contributed by atoms with Gasteiger partial charge in [0.2, 0.25) is 0 Å². The lowest BCUT2D eigenvalue weighted by molar-refractivity contribution is 0.528. The Hall–Kier alpha value is -0.940. The Morgan fingerprint density at radius 1 is 1.29 bits per heavy atom. The molecule has 5 heteroatoms. The van der Waals surface area contributed by atoms with Crippen LogP contribution < -0.4 is 5.73 Å². The maximum atomic E-state index is 13.2. The minimum Gasteiger partial charge on any atom is -0.330 e. The lowest BCUT2D eigenvalue weighted by atomic mass is 10.1. The Morgan fingerprint density at radius 2 is 1.88 bits per heavy atom. The standard InChI is InChI=1S/C12H18FNO2S/c1-9-6-10(13)8-11(7-9)17(15,16)12(2,3)4-5-14/h6-8H,4-5,14H2,1-3H3. The molecule has 2 N–H and O–H groups in total. The second-order valence-corrected chi connectivity index (χ2v) is 7.35. The summed E-state index contributed by atoms with van der Waals surface area (Å²) in [7, 11) is -3.57. The van der Waals surface area contributed by atoms with Crippen LogP contribution in [0.5, 0.6) is 0 Å². The highest BCUT2D eigenvalue weighted by Crippen LogP contribution is 2.28. The van der Waals surface area contributed by atoms with Crippen molar-refractivity contribution in [3.05, 3.63) is 29.6 Å². The molecule has 0 heterocycles. The summed E-state index contributed by atoms with van der Waals surface area (Å²) in [6.45, 7) is 5.16. The van der Waals surface area contributed by atoms with E-state index in [1.807, 2.05) is 0 Å². The second kappa shape index (κ2) is 4.74. The Bertz CT molecular complexity index is 489. The normalized spacial score (nSPS) is 12.8. The van der Waals surface area contributed by atoms with E-state index in [1.165, 1.54) is 12.1 Å². The highest BCUT2D eigenvalue weighted by molar-refractivity contribution is 7.92. The van der Waals surface area contributed by atoms with Gasteiger partial charge in [-0.1, -0.05) is 0 Å². The molecule has 0 saturated heterocycles. The van der Waals surface area contributed by atoms with Crippen LogP contribution in [0, 0.1) is 12.7 Å². The SMILES string of the molecule is Cc1cc(F)cc(S(=O)(=O)C(C)(C)CCN)c1. The van der Waals surface area contributed by atoms with Gasteiger partial charge in [-0.15, -0.1) is 0 Å². The van der Waals surface area contributed by atoms with E-state index in [1.54, 1.807) is 20.8 Å². The van der Waals surface area contributed by atoms with Gasteiger partial charge in [0, 0.05) is 0 Å². The molecule has 0 aliphatic carbocycles. The average molecular weight is 259 g/mol. The average Bonchev–Trinajstić information content (AvgIpc) is 2.15. The van der Waals surface area contributed by atoms with Gasteiger partial charge in [-0.05, 0) is 57.5 Å². The number of aryl methyl sites for hydroxylation is 1. The van der Waals surface area contributed by atoms with Crippen molar-refractivity contribution in [3.8, 4) is 0 Å². The molecule has 0 saturated carbocycles. The largest absolute Gasteiger partial charge is 0.330 e. The van der Waals surface area contributed by atoms with Crippen LogP contribution in [-0.2, 0) is 9.84 Å². The van der Waals surface area contributed by atoms with E-state index in [4.69, 9.17) is 5.73 Å². The lowest BCUT2D eigenvalue weighted by Crippen LogP contribution is -2.34. The van der Waals surface area contributed by atoms with E-state index in [0.717, 1.165) is 6.07 Å². The van der Waals surface area contributed by atoms with Gasteiger partial charge >= 0.3 is 0 Å². The van der Waals surface area contributed by atoms with Crippen LogP contribution in [0.25, 0.3) is 0 Å². The van der Waals surface area contributed by atoms with Crippen molar-refractivity contribution in [2.45, 2.75) is 36.8 Å². The molecule has 3 nitrogen and oxygen atoms in total. The number of rotatable bonds is 4. The Labute approximate surface area is 102 Å². The number of hydrogen-bond donors (Lipinski definition) is 1. The quantitative estimate of drug-likeness (QED) is 0.900. The van der Waals surface area contributed by atoms with E-state index in [-0.39, 0.29) is 11.4 Å². The van der Waals surface area contributed by atoms with Crippen molar-refractivity contribution in [2.24, 2.45) is 5.73 Å². The molecule has 0 radical (unpaired) electrons. The van der Waals surface area contributed by atoms with Gasteiger partial charge in [0.05, 0.1) is 9.64 Å². The fraction of sp³-hybridized carbons (Fsp3) is 0.500. The molecule has 1 aromatic rings. The van der Waals surface area contributed by atoms with Crippen molar-refractivity contribution in [1.29, 1.82) is 0 Å². The monoisotopic (exact) mass is 259 g/mol. The number of benzene rings is 1. The minimum absolute atomic E-state index is 0.0217. The van der Waals surface area contributed by atoms with Crippen LogP contribution in [0.1, 0.15) is 25.8 Å². The van der Waals surface area contributed by atoms with E-state index >= 15 is 0 Å². The third-order valence-corrected chi connectivity index (χ3v) is 5.32. The smallest absolute Gasteiger partial charge is 0.183 e. The zero-order valence-electron chi connectivity index (χ0n) is 10.3. The second-order valence-electron chi connectivity index (χ2n) is 4.77. The first-order valence-corrected chi connectivity index (χ1v) is 6.91. The van der Waals surface area contributed by atoms with Crippen molar-refractivity contribution in [3.63, 3.8) is 0 Å². The summed E-state index contributed by atoms with van der Waals surface area (Å²) in [5, 5.41) is 0. The van der Waals surface area contributed by atoms with Crippen LogP contribution in [-0.4, -0.2) is 19.7 Å². The molecule has 0 atom stereocenters. The summed E-state index contributed by atoms with van der Waals surface area (Å²) in [6.07, 6.45) is 0.338. The highest BCUT2D eigenvalue weighted by atomic mass is 32.2. The topological polar surface area (TPSA) is 60.2 Å². The maximum Gasteiger partial charge on any atom is 0.183 e. The van der Waals surface area contributed by atoms with Crippen molar-refractivity contribution >= 4 is 9.84 Å². The molecular formula is C12H18FNO2S. The van der Waals surface area contributed by atoms with E-state index in [9.17, 15) is 12.8 Å². The third kappa shape index (κ3) is 2.84. The zero-order valence-corrected chi connectivity index (χ0v) is 11.1. The van der Waals surface area contributed by atoms with Crippen LogP contribution in [0.2, 0.25) is 0 Å². The molecule has 17 heavy (non-hydrogen) atoms. The molecule has 0 aliphatic heterocycles. The number of halogens is 1. The molecule has 96 valence electrons. The molecule has 0 unspecified atom stereocenters. The molecule has 0 fully saturated rings. The van der Waals surface area contributed by atoms with Gasteiger partial charge < -0.3 is 5.73 Å². The van der Waals surface area contributed by atoms with Crippen molar-refractivity contribution in [1.82, 2.24) is 0 Å². The summed E-state index contributed by atoms with van der Waals surface area (Å²) in [6, 6.07) is 3.84. The summed E-state index contributed by atoms with van der Waals surface area (Å²) in [5.74, 6) is -0.535. The molecule has 0 aromatic heterocycles.